The highest BCUT2D eigenvalue weighted by atomic mass is 19.2. The summed E-state index contributed by atoms with van der Waals surface area (Å²) in [5.74, 6) is -72.3. The molecular formula is C44H16BF20NO3. The van der Waals surface area contributed by atoms with Crippen LogP contribution in [0.4, 0.5) is 87.8 Å². The van der Waals surface area contributed by atoms with Crippen molar-refractivity contribution in [2.45, 2.75) is 6.54 Å². The van der Waals surface area contributed by atoms with Crippen LogP contribution in [0.1, 0.15) is 20.7 Å². The van der Waals surface area contributed by atoms with Crippen LogP contribution in [0.3, 0.4) is 0 Å². The van der Waals surface area contributed by atoms with E-state index >= 15 is 35.1 Å². The number of benzene rings is 6. The summed E-state index contributed by atoms with van der Waals surface area (Å²) in [7, 11) is 0. The Morgan fingerprint density at radius 2 is 0.652 bits per heavy atom. The van der Waals surface area contributed by atoms with Gasteiger partial charge in [0.15, 0.2) is 82.2 Å². The van der Waals surface area contributed by atoms with Crippen molar-refractivity contribution < 1.29 is 107 Å². The van der Waals surface area contributed by atoms with E-state index in [2.05, 4.69) is 0 Å². The summed E-state index contributed by atoms with van der Waals surface area (Å²) in [6.45, 7) is 0.263. The van der Waals surface area contributed by atoms with Crippen LogP contribution in [0.15, 0.2) is 79.1 Å². The summed E-state index contributed by atoms with van der Waals surface area (Å²) in [5, 5.41) is 9.07. The molecule has 358 valence electrons. The van der Waals surface area contributed by atoms with Gasteiger partial charge in [-0.3, -0.25) is 4.79 Å². The molecule has 0 fully saturated rings. The number of halogens is 20. The van der Waals surface area contributed by atoms with Gasteiger partial charge in [-0.05, 0) is 23.3 Å². The number of hydrogen-bond acceptors (Lipinski definition) is 2. The summed E-state index contributed by atoms with van der Waals surface area (Å²) in [5.41, 5.74) is -11.7. The summed E-state index contributed by atoms with van der Waals surface area (Å²) < 4.78 is 296. The van der Waals surface area contributed by atoms with Gasteiger partial charge in [0.1, 0.15) is 52.7 Å². The Bertz CT molecular complexity index is 2860. The molecule has 69 heavy (non-hydrogen) atoms. The molecule has 7 rings (SSSR count). The maximum Gasteiger partial charge on any atom is 0.335 e. The molecule has 1 heterocycles. The summed E-state index contributed by atoms with van der Waals surface area (Å²) in [6, 6.07) is 19.7. The third-order valence-electron chi connectivity index (χ3n) is 10.5. The molecule has 7 aromatic rings. The van der Waals surface area contributed by atoms with Crippen LogP contribution in [-0.4, -0.2) is 23.0 Å². The highest BCUT2D eigenvalue weighted by Gasteiger charge is 2.52. The topological polar surface area (TPSA) is 58.2 Å². The molecule has 25 heteroatoms. The van der Waals surface area contributed by atoms with E-state index in [9.17, 15) is 62.3 Å². The van der Waals surface area contributed by atoms with Crippen molar-refractivity contribution in [3.63, 3.8) is 0 Å². The smallest absolute Gasteiger partial charge is 0.335 e. The Morgan fingerprint density at radius 1 is 0.362 bits per heavy atom. The van der Waals surface area contributed by atoms with Crippen LogP contribution in [0.2, 0.25) is 0 Å². The predicted octanol–water partition coefficient (Wildman–Crippen LogP) is 9.07. The lowest BCUT2D eigenvalue weighted by Crippen LogP contribution is -2.81. The van der Waals surface area contributed by atoms with Crippen LogP contribution in [0, 0.1) is 116 Å². The standard InChI is InChI=1S/C24BF20.C20H15NO3/c26-5-1(6(27)14(35)21(42)13(5)34)25(2-7(28)15(36)22(43)16(37)8(2)29,3-9(30)17(38)23(44)18(39)10(3)31)4-11(32)19(40)24(45)20(41)12(4)33;22-19(16-5-2-1-3-6-16)14-21-11-9-15(10-12-21)17-7-4-8-18(13-17)20(23)24/h;1-13H,14H2/q-1;/p+1. The Morgan fingerprint density at radius 3 is 0.957 bits per heavy atom. The zero-order chi connectivity index (χ0) is 51.3. The fourth-order valence-corrected chi connectivity index (χ4v) is 7.34. The van der Waals surface area contributed by atoms with Crippen molar-refractivity contribution in [1.82, 2.24) is 0 Å². The van der Waals surface area contributed by atoms with Crippen molar-refractivity contribution in [3.05, 3.63) is 207 Å². The third kappa shape index (κ3) is 8.38. The maximum atomic E-state index is 15.4. The average Bonchev–Trinajstić information content (AvgIpc) is 3.34. The first-order valence-electron chi connectivity index (χ1n) is 18.5. The molecule has 0 atom stereocenters. The van der Waals surface area contributed by atoms with Gasteiger partial charge in [-0.25, -0.2) is 92.6 Å². The Kier molecular flexibility index (Phi) is 14.0. The van der Waals surface area contributed by atoms with Gasteiger partial charge in [-0.1, -0.05) is 42.5 Å². The van der Waals surface area contributed by atoms with Gasteiger partial charge in [-0.15, -0.1) is 21.9 Å². The van der Waals surface area contributed by atoms with Gasteiger partial charge in [0.25, 0.3) is 0 Å². The minimum Gasteiger partial charge on any atom is -0.478 e. The van der Waals surface area contributed by atoms with Crippen molar-refractivity contribution in [1.29, 1.82) is 0 Å². The molecular weight excluding hydrogens is 981 g/mol. The fraction of sp³-hybridized carbons (Fsp3) is 0.0227. The number of nitrogens with zero attached hydrogens (tertiary/aromatic N) is 1. The molecule has 0 spiro atoms. The SMILES string of the molecule is Fc1c(F)c(F)c([B-](c2c(F)c(F)c(F)c(F)c2F)(c2c(F)c(F)c(F)c(F)c2F)c2c(F)c(F)c(F)c(F)c2F)c(F)c1F.O=C(O)c1cccc(-c2cc[n+](CC(=O)c3ccccc3)cc2)c1. The molecule has 0 saturated carbocycles. The number of pyridine rings is 1. The van der Waals surface area contributed by atoms with Crippen LogP contribution < -0.4 is 26.4 Å². The molecule has 0 amide bonds. The number of hydrogen-bond donors (Lipinski definition) is 1. The highest BCUT2D eigenvalue weighted by Crippen LogP contribution is 2.31. The first-order valence-corrected chi connectivity index (χ1v) is 18.5. The van der Waals surface area contributed by atoms with Crippen LogP contribution in [0.25, 0.3) is 11.1 Å². The minimum absolute atomic E-state index is 0.0428. The molecule has 0 aliphatic carbocycles. The molecule has 1 aromatic heterocycles. The molecule has 6 aromatic carbocycles. The number of rotatable bonds is 9. The zero-order valence-corrected chi connectivity index (χ0v) is 33.1. The number of carbonyl (C=O) groups is 2. The van der Waals surface area contributed by atoms with Crippen molar-refractivity contribution in [3.8, 4) is 11.1 Å². The zero-order valence-electron chi connectivity index (χ0n) is 33.1. The number of aromatic carboxylic acids is 1. The maximum absolute atomic E-state index is 15.4. The van der Waals surface area contributed by atoms with E-state index in [1.54, 1.807) is 34.9 Å². The van der Waals surface area contributed by atoms with Gasteiger partial charge in [-0.2, -0.15) is 4.57 Å². The number of carbonyl (C=O) groups excluding carboxylic acids is 1. The van der Waals surface area contributed by atoms with Gasteiger partial charge >= 0.3 is 5.97 Å². The van der Waals surface area contributed by atoms with E-state index in [0.717, 1.165) is 11.1 Å². The second-order valence-electron chi connectivity index (χ2n) is 14.2. The molecule has 0 saturated heterocycles. The lowest BCUT2D eigenvalue weighted by Gasteiger charge is -2.44. The highest BCUT2D eigenvalue weighted by molar-refractivity contribution is 7.20. The summed E-state index contributed by atoms with van der Waals surface area (Å²) >= 11 is 0. The van der Waals surface area contributed by atoms with E-state index in [1.165, 1.54) is 0 Å². The third-order valence-corrected chi connectivity index (χ3v) is 10.5. The van der Waals surface area contributed by atoms with Crippen molar-refractivity contribution in [2.24, 2.45) is 0 Å². The van der Waals surface area contributed by atoms with Gasteiger partial charge < -0.3 is 5.11 Å². The van der Waals surface area contributed by atoms with Gasteiger partial charge in [0.2, 0.25) is 12.3 Å². The lowest BCUT2D eigenvalue weighted by molar-refractivity contribution is -0.683. The second-order valence-corrected chi connectivity index (χ2v) is 14.2. The number of ketones is 1. The Labute approximate surface area is 370 Å². The fourth-order valence-electron chi connectivity index (χ4n) is 7.34. The Balaban J connectivity index is 0.000000273. The second kappa shape index (κ2) is 19.1. The number of Topliss-reactive ketones (excluding diaryl/α,β-unsaturated/α-hetero) is 1. The number of carboxylic acid groups (broad SMARTS) is 1. The number of aromatic nitrogens is 1. The largest absolute Gasteiger partial charge is 0.478 e. The average molecular weight is 997 g/mol. The molecule has 0 aliphatic rings. The summed E-state index contributed by atoms with van der Waals surface area (Å²) in [6.07, 6.45) is -3.57. The van der Waals surface area contributed by atoms with E-state index in [-0.39, 0.29) is 17.9 Å². The van der Waals surface area contributed by atoms with E-state index in [4.69, 9.17) is 5.11 Å². The first-order chi connectivity index (χ1) is 32.3. The van der Waals surface area contributed by atoms with E-state index < -0.39 is 150 Å². The van der Waals surface area contributed by atoms with Crippen LogP contribution in [0.5, 0.6) is 0 Å². The minimum atomic E-state index is -7.22. The number of carboxylic acids is 1. The van der Waals surface area contributed by atoms with E-state index in [1.807, 2.05) is 48.8 Å². The van der Waals surface area contributed by atoms with Crippen LogP contribution in [-0.2, 0) is 6.54 Å². The van der Waals surface area contributed by atoms with Gasteiger partial charge in [0.05, 0.1) is 5.56 Å². The molecule has 0 bridgehead atoms. The summed E-state index contributed by atoms with van der Waals surface area (Å²) in [4.78, 5) is 23.3. The monoisotopic (exact) mass is 997 g/mol. The lowest BCUT2D eigenvalue weighted by atomic mass is 9.12. The Hall–Kier alpha value is -7.73. The van der Waals surface area contributed by atoms with Crippen molar-refractivity contribution in [2.75, 3.05) is 0 Å². The quantitative estimate of drug-likeness (QED) is 0.0393. The molecule has 0 unspecified atom stereocenters. The molecule has 0 aliphatic heterocycles. The first kappa shape index (κ1) is 50.7. The van der Waals surface area contributed by atoms with Crippen LogP contribution >= 0.6 is 0 Å². The normalized spacial score (nSPS) is 11.4. The molecule has 4 nitrogen and oxygen atoms in total. The molecule has 0 radical (unpaired) electrons. The molecule has 1 N–H and O–H groups in total. The van der Waals surface area contributed by atoms with E-state index in [0.29, 0.717) is 5.56 Å². The van der Waals surface area contributed by atoms with Crippen molar-refractivity contribution >= 4 is 39.7 Å². The predicted molar refractivity (Wildman–Crippen MR) is 199 cm³/mol. The van der Waals surface area contributed by atoms with Gasteiger partial charge in [0, 0.05) is 17.7 Å².